The molecular formula is C21H24N2O4S. The summed E-state index contributed by atoms with van der Waals surface area (Å²) in [7, 11) is -3.26. The predicted molar refractivity (Wildman–Crippen MR) is 109 cm³/mol. The van der Waals surface area contributed by atoms with E-state index in [-0.39, 0.29) is 11.9 Å². The van der Waals surface area contributed by atoms with Gasteiger partial charge < -0.3 is 9.64 Å². The smallest absolute Gasteiger partial charge is 0.246 e. The molecule has 1 aliphatic rings. The molecule has 0 aromatic heterocycles. The third-order valence-electron chi connectivity index (χ3n) is 4.41. The molecule has 2 aromatic rings. The van der Waals surface area contributed by atoms with Crippen molar-refractivity contribution in [3.8, 4) is 5.75 Å². The highest BCUT2D eigenvalue weighted by molar-refractivity contribution is 7.88. The average molecular weight is 401 g/mol. The molecule has 1 aliphatic heterocycles. The van der Waals surface area contributed by atoms with Crippen molar-refractivity contribution in [1.82, 2.24) is 9.62 Å². The van der Waals surface area contributed by atoms with Gasteiger partial charge in [0.1, 0.15) is 12.4 Å². The summed E-state index contributed by atoms with van der Waals surface area (Å²) in [6.07, 6.45) is 5.01. The molecule has 1 atom stereocenters. The maximum atomic E-state index is 12.4. The normalized spacial score (nSPS) is 17.2. The SMILES string of the molecule is CS(=O)(=O)NC1CCN(C(=O)/C=C/c2cccc(OCc3ccccc3)c2)C1. The van der Waals surface area contributed by atoms with Crippen molar-refractivity contribution < 1.29 is 17.9 Å². The number of hydrogen-bond acceptors (Lipinski definition) is 4. The van der Waals surface area contributed by atoms with Gasteiger partial charge in [-0.25, -0.2) is 13.1 Å². The molecule has 1 unspecified atom stereocenters. The molecule has 7 heteroatoms. The third kappa shape index (κ3) is 6.21. The summed E-state index contributed by atoms with van der Waals surface area (Å²) in [6.45, 7) is 1.41. The molecule has 0 aliphatic carbocycles. The zero-order chi connectivity index (χ0) is 20.0. The fourth-order valence-electron chi connectivity index (χ4n) is 3.08. The number of nitrogens with one attached hydrogen (secondary N) is 1. The lowest BCUT2D eigenvalue weighted by Gasteiger charge is -2.14. The number of carbonyl (C=O) groups excluding carboxylic acids is 1. The fourth-order valence-corrected chi connectivity index (χ4v) is 3.88. The molecule has 1 heterocycles. The standard InChI is InChI=1S/C21H24N2O4S/c1-28(25,26)22-19-12-13-23(15-19)21(24)11-10-17-8-5-9-20(14-17)27-16-18-6-3-2-4-7-18/h2-11,14,19,22H,12-13,15-16H2,1H3/b11-10+. The molecule has 148 valence electrons. The van der Waals surface area contributed by atoms with Gasteiger partial charge in [-0.2, -0.15) is 0 Å². The molecule has 1 amide bonds. The van der Waals surface area contributed by atoms with Gasteiger partial charge in [0, 0.05) is 25.2 Å². The predicted octanol–water partition coefficient (Wildman–Crippen LogP) is 2.43. The Morgan fingerprint density at radius 3 is 2.75 bits per heavy atom. The Balaban J connectivity index is 1.54. The second kappa shape index (κ2) is 9.03. The zero-order valence-electron chi connectivity index (χ0n) is 15.7. The van der Waals surface area contributed by atoms with Crippen LogP contribution in [0.3, 0.4) is 0 Å². The second-order valence-electron chi connectivity index (χ2n) is 6.84. The molecule has 6 nitrogen and oxygen atoms in total. The second-order valence-corrected chi connectivity index (χ2v) is 8.62. The van der Waals surface area contributed by atoms with Crippen LogP contribution in [-0.2, 0) is 21.4 Å². The van der Waals surface area contributed by atoms with E-state index in [1.165, 1.54) is 6.08 Å². The summed E-state index contributed by atoms with van der Waals surface area (Å²) in [5.74, 6) is 0.602. The Bertz CT molecular complexity index is 942. The van der Waals surface area contributed by atoms with Gasteiger partial charge in [-0.05, 0) is 35.8 Å². The van der Waals surface area contributed by atoms with E-state index in [2.05, 4.69) is 4.72 Å². The summed E-state index contributed by atoms with van der Waals surface area (Å²) in [5, 5.41) is 0. The van der Waals surface area contributed by atoms with Crippen LogP contribution in [0, 0.1) is 0 Å². The topological polar surface area (TPSA) is 75.7 Å². The number of carbonyl (C=O) groups is 1. The summed E-state index contributed by atoms with van der Waals surface area (Å²) in [5.41, 5.74) is 1.95. The van der Waals surface area contributed by atoms with Gasteiger partial charge in [0.15, 0.2) is 0 Å². The first-order chi connectivity index (χ1) is 13.4. The Morgan fingerprint density at radius 1 is 1.21 bits per heavy atom. The minimum Gasteiger partial charge on any atom is -0.489 e. The van der Waals surface area contributed by atoms with Crippen LogP contribution in [0.1, 0.15) is 17.5 Å². The lowest BCUT2D eigenvalue weighted by molar-refractivity contribution is -0.125. The van der Waals surface area contributed by atoms with E-state index >= 15 is 0 Å². The van der Waals surface area contributed by atoms with Gasteiger partial charge >= 0.3 is 0 Å². The molecule has 1 saturated heterocycles. The molecule has 0 bridgehead atoms. The molecule has 2 aromatic carbocycles. The van der Waals surface area contributed by atoms with E-state index in [0.29, 0.717) is 26.1 Å². The molecule has 1 fully saturated rings. The number of nitrogens with zero attached hydrogens (tertiary/aromatic N) is 1. The number of ether oxygens (including phenoxy) is 1. The van der Waals surface area contributed by atoms with Crippen molar-refractivity contribution in [2.75, 3.05) is 19.3 Å². The fraction of sp³-hybridized carbons (Fsp3) is 0.286. The van der Waals surface area contributed by atoms with Gasteiger partial charge in [-0.1, -0.05) is 42.5 Å². The minimum atomic E-state index is -3.26. The molecule has 1 N–H and O–H groups in total. The van der Waals surface area contributed by atoms with Crippen LogP contribution < -0.4 is 9.46 Å². The first-order valence-electron chi connectivity index (χ1n) is 9.10. The van der Waals surface area contributed by atoms with Crippen LogP contribution >= 0.6 is 0 Å². The van der Waals surface area contributed by atoms with Crippen molar-refractivity contribution >= 4 is 22.0 Å². The minimum absolute atomic E-state index is 0.131. The summed E-state index contributed by atoms with van der Waals surface area (Å²) < 4.78 is 31.0. The number of sulfonamides is 1. The Labute approximate surface area is 165 Å². The molecule has 28 heavy (non-hydrogen) atoms. The number of rotatable bonds is 7. The van der Waals surface area contributed by atoms with Gasteiger partial charge in [0.2, 0.25) is 15.9 Å². The summed E-state index contributed by atoms with van der Waals surface area (Å²) in [4.78, 5) is 14.0. The average Bonchev–Trinajstić information content (AvgIpc) is 3.12. The molecule has 0 spiro atoms. The van der Waals surface area contributed by atoms with Crippen LogP contribution in [-0.4, -0.2) is 44.6 Å². The van der Waals surface area contributed by atoms with Gasteiger partial charge in [0.25, 0.3) is 0 Å². The van der Waals surface area contributed by atoms with Crippen LogP contribution in [0.15, 0.2) is 60.7 Å². The quantitative estimate of drug-likeness (QED) is 0.725. The lowest BCUT2D eigenvalue weighted by atomic mass is 10.2. The van der Waals surface area contributed by atoms with Crippen molar-refractivity contribution in [2.24, 2.45) is 0 Å². The molecule has 0 saturated carbocycles. The van der Waals surface area contributed by atoms with E-state index in [0.717, 1.165) is 23.1 Å². The maximum absolute atomic E-state index is 12.4. The van der Waals surface area contributed by atoms with E-state index < -0.39 is 10.0 Å². The van der Waals surface area contributed by atoms with Crippen LogP contribution in [0.2, 0.25) is 0 Å². The van der Waals surface area contributed by atoms with E-state index in [1.54, 1.807) is 11.0 Å². The highest BCUT2D eigenvalue weighted by Gasteiger charge is 2.26. The molecular weight excluding hydrogens is 376 g/mol. The maximum Gasteiger partial charge on any atom is 0.246 e. The van der Waals surface area contributed by atoms with E-state index in [4.69, 9.17) is 4.74 Å². The van der Waals surface area contributed by atoms with Crippen molar-refractivity contribution in [3.05, 3.63) is 71.8 Å². The Kier molecular flexibility index (Phi) is 6.49. The van der Waals surface area contributed by atoms with Crippen LogP contribution in [0.5, 0.6) is 5.75 Å². The first-order valence-corrected chi connectivity index (χ1v) is 11.0. The lowest BCUT2D eigenvalue weighted by Crippen LogP contribution is -2.37. The highest BCUT2D eigenvalue weighted by Crippen LogP contribution is 2.17. The summed E-state index contributed by atoms with van der Waals surface area (Å²) >= 11 is 0. The Hall–Kier alpha value is -2.64. The number of benzene rings is 2. The Morgan fingerprint density at radius 2 is 2.00 bits per heavy atom. The van der Waals surface area contributed by atoms with Crippen molar-refractivity contribution in [1.29, 1.82) is 0 Å². The van der Waals surface area contributed by atoms with Gasteiger partial charge in [-0.3, -0.25) is 4.79 Å². The highest BCUT2D eigenvalue weighted by atomic mass is 32.2. The monoisotopic (exact) mass is 400 g/mol. The molecule has 0 radical (unpaired) electrons. The first kappa shape index (κ1) is 20.1. The van der Waals surface area contributed by atoms with Gasteiger partial charge in [0.05, 0.1) is 6.26 Å². The van der Waals surface area contributed by atoms with Gasteiger partial charge in [-0.15, -0.1) is 0 Å². The number of amides is 1. The zero-order valence-corrected chi connectivity index (χ0v) is 16.6. The summed E-state index contributed by atoms with van der Waals surface area (Å²) in [6, 6.07) is 17.2. The van der Waals surface area contributed by atoms with Crippen LogP contribution in [0.4, 0.5) is 0 Å². The van der Waals surface area contributed by atoms with Crippen LogP contribution in [0.25, 0.3) is 6.08 Å². The van der Waals surface area contributed by atoms with E-state index in [9.17, 15) is 13.2 Å². The largest absolute Gasteiger partial charge is 0.489 e. The molecule has 3 rings (SSSR count). The van der Waals surface area contributed by atoms with E-state index in [1.807, 2.05) is 54.6 Å². The van der Waals surface area contributed by atoms with Crippen molar-refractivity contribution in [3.63, 3.8) is 0 Å². The number of hydrogen-bond donors (Lipinski definition) is 1. The van der Waals surface area contributed by atoms with Crippen molar-refractivity contribution in [2.45, 2.75) is 19.1 Å². The third-order valence-corrected chi connectivity index (χ3v) is 5.17. The number of likely N-dealkylation sites (tertiary alicyclic amines) is 1.